The minimum atomic E-state index is -0.940. The highest BCUT2D eigenvalue weighted by Gasteiger charge is 2.46. The Labute approximate surface area is 211 Å². The van der Waals surface area contributed by atoms with Crippen molar-refractivity contribution in [3.05, 3.63) is 93.4 Å². The van der Waals surface area contributed by atoms with Gasteiger partial charge in [0.05, 0.1) is 22.2 Å². The molecular weight excluding hydrogens is 476 g/mol. The van der Waals surface area contributed by atoms with Crippen LogP contribution in [0, 0.1) is 6.92 Å². The molecule has 7 nitrogen and oxygen atoms in total. The maximum atomic E-state index is 13.7. The number of rotatable bonds is 6. The van der Waals surface area contributed by atoms with Gasteiger partial charge in [0.1, 0.15) is 5.58 Å². The Morgan fingerprint density at radius 3 is 2.42 bits per heavy atom. The fourth-order valence-electron chi connectivity index (χ4n) is 4.45. The third-order valence-electron chi connectivity index (χ3n) is 6.33. The number of para-hydroxylation sites is 1. The van der Waals surface area contributed by atoms with Crippen molar-refractivity contribution < 1.29 is 23.9 Å². The van der Waals surface area contributed by atoms with E-state index in [1.807, 2.05) is 36.4 Å². The van der Waals surface area contributed by atoms with Crippen molar-refractivity contribution in [2.75, 3.05) is 4.90 Å². The summed E-state index contributed by atoms with van der Waals surface area (Å²) in [6.07, 6.45) is 0. The number of amides is 1. The van der Waals surface area contributed by atoms with Crippen molar-refractivity contribution in [2.24, 2.45) is 0 Å². The van der Waals surface area contributed by atoms with E-state index in [0.717, 1.165) is 22.3 Å². The first-order valence-corrected chi connectivity index (χ1v) is 12.4. The summed E-state index contributed by atoms with van der Waals surface area (Å²) in [5.41, 5.74) is 2.65. The van der Waals surface area contributed by atoms with Crippen LogP contribution in [0.2, 0.25) is 0 Å². The van der Waals surface area contributed by atoms with Crippen LogP contribution in [-0.4, -0.2) is 27.6 Å². The van der Waals surface area contributed by atoms with Crippen LogP contribution < -0.4 is 4.90 Å². The molecule has 1 aliphatic heterocycles. The van der Waals surface area contributed by atoms with Crippen LogP contribution >= 0.6 is 11.3 Å². The molecule has 2 aromatic heterocycles. The maximum Gasteiger partial charge on any atom is 0.296 e. The number of benzene rings is 2. The summed E-state index contributed by atoms with van der Waals surface area (Å²) in [6, 6.07) is 15.4. The summed E-state index contributed by atoms with van der Waals surface area (Å²) in [5, 5.41) is 12.0. The van der Waals surface area contributed by atoms with E-state index in [1.165, 1.54) is 11.8 Å². The summed E-state index contributed by atoms with van der Waals surface area (Å²) in [6.45, 7) is 7.27. The second-order valence-corrected chi connectivity index (χ2v) is 10.1. The van der Waals surface area contributed by atoms with Gasteiger partial charge in [-0.3, -0.25) is 19.3 Å². The highest BCUT2D eigenvalue weighted by Crippen LogP contribution is 2.44. The molecule has 1 aliphatic rings. The molecule has 4 aromatic rings. The average Bonchev–Trinajstić information content (AvgIpc) is 3.53. The molecule has 0 fully saturated rings. The second-order valence-electron chi connectivity index (χ2n) is 9.11. The van der Waals surface area contributed by atoms with Gasteiger partial charge in [0.15, 0.2) is 22.4 Å². The van der Waals surface area contributed by atoms with Gasteiger partial charge in [0.25, 0.3) is 5.91 Å². The molecule has 0 saturated heterocycles. The Bertz CT molecular complexity index is 1530. The fraction of sp³-hybridized carbons (Fsp3) is 0.214. The van der Waals surface area contributed by atoms with Crippen molar-refractivity contribution in [3.63, 3.8) is 0 Å². The number of hydrogen-bond acceptors (Lipinski definition) is 7. The molecule has 0 bridgehead atoms. The maximum absolute atomic E-state index is 13.7. The minimum Gasteiger partial charge on any atom is -0.503 e. The van der Waals surface area contributed by atoms with Gasteiger partial charge in [-0.1, -0.05) is 67.6 Å². The van der Waals surface area contributed by atoms with E-state index >= 15 is 0 Å². The molecule has 2 aromatic carbocycles. The van der Waals surface area contributed by atoms with Crippen LogP contribution in [-0.2, 0) is 4.79 Å². The predicted octanol–water partition coefficient (Wildman–Crippen LogP) is 6.31. The highest BCUT2D eigenvalue weighted by molar-refractivity contribution is 7.17. The number of fused-ring (bicyclic) bond motifs is 1. The molecule has 0 saturated carbocycles. The largest absolute Gasteiger partial charge is 0.503 e. The number of ketones is 2. The Balaban J connectivity index is 1.66. The Hall–Kier alpha value is -4.04. The third-order valence-corrected chi connectivity index (χ3v) is 7.59. The summed E-state index contributed by atoms with van der Waals surface area (Å²) >= 11 is 1.06. The number of aliphatic hydroxyl groups excluding tert-OH is 1. The molecule has 0 spiro atoms. The van der Waals surface area contributed by atoms with Gasteiger partial charge in [0, 0.05) is 12.3 Å². The van der Waals surface area contributed by atoms with Crippen LogP contribution in [0.1, 0.15) is 69.8 Å². The monoisotopic (exact) mass is 500 g/mol. The van der Waals surface area contributed by atoms with E-state index in [1.54, 1.807) is 25.1 Å². The van der Waals surface area contributed by atoms with Crippen LogP contribution in [0.3, 0.4) is 0 Å². The Kier molecular flexibility index (Phi) is 5.84. The van der Waals surface area contributed by atoms with Crippen molar-refractivity contribution in [3.8, 4) is 0 Å². The lowest BCUT2D eigenvalue weighted by atomic mass is 9.93. The van der Waals surface area contributed by atoms with Crippen molar-refractivity contribution in [1.82, 2.24) is 4.98 Å². The summed E-state index contributed by atoms with van der Waals surface area (Å²) < 4.78 is 5.77. The molecule has 1 N–H and O–H groups in total. The van der Waals surface area contributed by atoms with E-state index in [4.69, 9.17) is 4.42 Å². The van der Waals surface area contributed by atoms with E-state index in [-0.39, 0.29) is 22.2 Å². The second kappa shape index (κ2) is 8.87. The lowest BCUT2D eigenvalue weighted by molar-refractivity contribution is -0.117. The van der Waals surface area contributed by atoms with Gasteiger partial charge < -0.3 is 9.52 Å². The van der Waals surface area contributed by atoms with Crippen molar-refractivity contribution >= 4 is 44.9 Å². The van der Waals surface area contributed by atoms with Crippen LogP contribution in [0.4, 0.5) is 5.13 Å². The van der Waals surface area contributed by atoms with Gasteiger partial charge in [-0.15, -0.1) is 0 Å². The van der Waals surface area contributed by atoms with E-state index in [2.05, 4.69) is 18.8 Å². The van der Waals surface area contributed by atoms with Crippen molar-refractivity contribution in [2.45, 2.75) is 39.7 Å². The first-order chi connectivity index (χ1) is 17.2. The van der Waals surface area contributed by atoms with Gasteiger partial charge in [-0.2, -0.15) is 0 Å². The first-order valence-electron chi connectivity index (χ1n) is 11.6. The zero-order valence-electron chi connectivity index (χ0n) is 20.2. The fourth-order valence-corrected chi connectivity index (χ4v) is 5.44. The Morgan fingerprint density at radius 2 is 1.81 bits per heavy atom. The zero-order valence-corrected chi connectivity index (χ0v) is 21.1. The number of Topliss-reactive ketones (excluding diaryl/α,β-unsaturated/α-hetero) is 2. The number of hydrogen-bond donors (Lipinski definition) is 1. The number of carbonyl (C=O) groups excluding carboxylic acids is 3. The number of thiazole rings is 1. The molecule has 5 rings (SSSR count). The molecule has 36 heavy (non-hydrogen) atoms. The highest BCUT2D eigenvalue weighted by atomic mass is 32.1. The molecule has 0 aliphatic carbocycles. The number of nitrogens with zero attached hydrogens (tertiary/aromatic N) is 2. The van der Waals surface area contributed by atoms with Crippen LogP contribution in [0.5, 0.6) is 0 Å². The zero-order chi connectivity index (χ0) is 25.7. The SMILES string of the molecule is CC(=O)c1sc(N2C(=O)C(O)=C(C(=O)c3cc4ccccc4o3)[C@@H]2c2ccc(C(C)C)cc2)nc1C. The smallest absolute Gasteiger partial charge is 0.296 e. The number of aromatic nitrogens is 1. The standard InChI is InChI=1S/C28H24N2O5S/c1-14(2)17-9-11-18(12-10-17)23-22(24(32)21-13-19-7-5-6-8-20(19)35-21)25(33)27(34)30(23)28-29-15(3)26(36-28)16(4)31/h5-14,23,33H,1-4H3/t23-/m0/s1. The molecular formula is C28H24N2O5S. The van der Waals surface area contributed by atoms with Gasteiger partial charge >= 0.3 is 0 Å². The van der Waals surface area contributed by atoms with Crippen LogP contribution in [0.25, 0.3) is 11.0 Å². The van der Waals surface area contributed by atoms with E-state index in [0.29, 0.717) is 27.6 Å². The topological polar surface area (TPSA) is 101 Å². The normalized spacial score (nSPS) is 16.0. The number of aryl methyl sites for hydroxylation is 1. The summed E-state index contributed by atoms with van der Waals surface area (Å²) in [5.74, 6) is -1.85. The molecule has 1 amide bonds. The van der Waals surface area contributed by atoms with Crippen molar-refractivity contribution in [1.29, 1.82) is 0 Å². The van der Waals surface area contributed by atoms with Gasteiger partial charge in [-0.05, 0) is 36.1 Å². The molecule has 1 atom stereocenters. The lowest BCUT2D eigenvalue weighted by Gasteiger charge is -2.24. The third kappa shape index (κ3) is 3.83. The number of carbonyl (C=O) groups is 3. The average molecular weight is 501 g/mol. The van der Waals surface area contributed by atoms with E-state index in [9.17, 15) is 19.5 Å². The van der Waals surface area contributed by atoms with E-state index < -0.39 is 23.5 Å². The first kappa shape index (κ1) is 23.7. The molecule has 8 heteroatoms. The molecule has 0 unspecified atom stereocenters. The molecule has 182 valence electrons. The number of aliphatic hydroxyl groups is 1. The van der Waals surface area contributed by atoms with Gasteiger partial charge in [0.2, 0.25) is 5.78 Å². The molecule has 0 radical (unpaired) electrons. The lowest BCUT2D eigenvalue weighted by Crippen LogP contribution is -2.31. The predicted molar refractivity (Wildman–Crippen MR) is 138 cm³/mol. The quantitative estimate of drug-likeness (QED) is 0.312. The summed E-state index contributed by atoms with van der Waals surface area (Å²) in [4.78, 5) is 45.4. The number of furan rings is 1. The molecule has 3 heterocycles. The van der Waals surface area contributed by atoms with Gasteiger partial charge in [-0.25, -0.2) is 4.98 Å². The number of anilines is 1. The minimum absolute atomic E-state index is 0.0240. The summed E-state index contributed by atoms with van der Waals surface area (Å²) in [7, 11) is 0. The van der Waals surface area contributed by atoms with Crippen LogP contribution in [0.15, 0.2) is 70.3 Å². The Morgan fingerprint density at radius 1 is 1.11 bits per heavy atom.